The van der Waals surface area contributed by atoms with Gasteiger partial charge in [0.2, 0.25) is 0 Å². The number of hydrogen-bond donors (Lipinski definition) is 1. The number of rotatable bonds is 4. The van der Waals surface area contributed by atoms with Gasteiger partial charge in [-0.2, -0.15) is 0 Å². The molecule has 0 amide bonds. The van der Waals surface area contributed by atoms with Gasteiger partial charge in [0.1, 0.15) is 0 Å². The highest BCUT2D eigenvalue weighted by molar-refractivity contribution is 7.99. The summed E-state index contributed by atoms with van der Waals surface area (Å²) in [7, 11) is -3.27. The Morgan fingerprint density at radius 3 is 2.24 bits per heavy atom. The number of sulfone groups is 1. The molecular weight excluding hydrogens is 316 g/mol. The van der Waals surface area contributed by atoms with Crippen LogP contribution in [0, 0.1) is 0 Å². The highest BCUT2D eigenvalue weighted by Crippen LogP contribution is 2.36. The van der Waals surface area contributed by atoms with Gasteiger partial charge in [-0.05, 0) is 42.5 Å². The minimum Gasteiger partial charge on any atom is -0.399 e. The van der Waals surface area contributed by atoms with Crippen LogP contribution in [0.1, 0.15) is 12.0 Å². The van der Waals surface area contributed by atoms with Gasteiger partial charge in [-0.1, -0.05) is 11.8 Å². The van der Waals surface area contributed by atoms with Gasteiger partial charge in [-0.15, -0.1) is 0 Å². The van der Waals surface area contributed by atoms with E-state index in [1.807, 2.05) is 0 Å². The number of benzene rings is 2. The van der Waals surface area contributed by atoms with Crippen LogP contribution in [0.3, 0.4) is 0 Å². The second-order valence-electron chi connectivity index (χ2n) is 4.44. The molecule has 0 aliphatic carbocycles. The van der Waals surface area contributed by atoms with E-state index in [0.29, 0.717) is 9.79 Å². The summed E-state index contributed by atoms with van der Waals surface area (Å²) in [5.41, 5.74) is 5.66. The first-order chi connectivity index (χ1) is 9.77. The van der Waals surface area contributed by atoms with Gasteiger partial charge in [0.15, 0.2) is 9.84 Å². The van der Waals surface area contributed by atoms with Crippen LogP contribution >= 0.6 is 11.8 Å². The lowest BCUT2D eigenvalue weighted by atomic mass is 10.2. The molecule has 0 unspecified atom stereocenters. The van der Waals surface area contributed by atoms with E-state index in [0.717, 1.165) is 18.0 Å². The summed E-state index contributed by atoms with van der Waals surface area (Å²) in [6.45, 7) is 0. The Bertz CT molecular complexity index is 744. The van der Waals surface area contributed by atoms with E-state index in [4.69, 9.17) is 5.73 Å². The van der Waals surface area contributed by atoms with Crippen molar-refractivity contribution >= 4 is 27.3 Å². The Balaban J connectivity index is 2.30. The van der Waals surface area contributed by atoms with Crippen molar-refractivity contribution in [3.8, 4) is 0 Å². The lowest BCUT2D eigenvalue weighted by molar-refractivity contribution is 0.148. The SMILES string of the molecule is CS(=O)(=O)c1ccc(Sc2ccc(N)cc2C(F)F)cc1. The first-order valence-electron chi connectivity index (χ1n) is 5.93. The van der Waals surface area contributed by atoms with E-state index in [-0.39, 0.29) is 16.1 Å². The zero-order valence-corrected chi connectivity index (χ0v) is 12.7. The van der Waals surface area contributed by atoms with Crippen molar-refractivity contribution in [2.45, 2.75) is 21.1 Å². The van der Waals surface area contributed by atoms with E-state index in [2.05, 4.69) is 0 Å². The van der Waals surface area contributed by atoms with E-state index < -0.39 is 16.3 Å². The minimum absolute atomic E-state index is 0.132. The first kappa shape index (κ1) is 15.8. The Morgan fingerprint density at radius 1 is 1.10 bits per heavy atom. The molecule has 0 atom stereocenters. The van der Waals surface area contributed by atoms with Crippen molar-refractivity contribution in [3.05, 3.63) is 48.0 Å². The number of alkyl halides is 2. The second kappa shape index (κ2) is 6.03. The van der Waals surface area contributed by atoms with Crippen molar-refractivity contribution in [3.63, 3.8) is 0 Å². The molecule has 0 aliphatic heterocycles. The fourth-order valence-corrected chi connectivity index (χ4v) is 3.27. The number of nitrogens with two attached hydrogens (primary N) is 1. The summed E-state index contributed by atoms with van der Waals surface area (Å²) in [6.07, 6.45) is -1.50. The summed E-state index contributed by atoms with van der Waals surface area (Å²) in [6, 6.07) is 10.4. The third kappa shape index (κ3) is 3.95. The molecule has 7 heteroatoms. The maximum Gasteiger partial charge on any atom is 0.265 e. The minimum atomic E-state index is -3.27. The van der Waals surface area contributed by atoms with Crippen LogP contribution in [0.2, 0.25) is 0 Å². The first-order valence-corrected chi connectivity index (χ1v) is 8.64. The normalized spacial score (nSPS) is 11.8. The zero-order chi connectivity index (χ0) is 15.6. The van der Waals surface area contributed by atoms with Crippen molar-refractivity contribution < 1.29 is 17.2 Å². The van der Waals surface area contributed by atoms with Crippen LogP contribution in [0.5, 0.6) is 0 Å². The topological polar surface area (TPSA) is 60.2 Å². The molecule has 0 radical (unpaired) electrons. The third-order valence-corrected chi connectivity index (χ3v) is 4.98. The van der Waals surface area contributed by atoms with E-state index in [9.17, 15) is 17.2 Å². The number of nitrogen functional groups attached to an aromatic ring is 1. The standard InChI is InChI=1S/C14H13F2NO2S2/c1-21(18,19)11-5-3-10(4-6-11)20-13-7-2-9(17)8-12(13)14(15)16/h2-8,14H,17H2,1H3. The highest BCUT2D eigenvalue weighted by Gasteiger charge is 2.14. The summed E-state index contributed by atoms with van der Waals surface area (Å²) >= 11 is 1.14. The van der Waals surface area contributed by atoms with Crippen LogP contribution in [-0.4, -0.2) is 14.7 Å². The lowest BCUT2D eigenvalue weighted by Crippen LogP contribution is -1.96. The molecule has 2 rings (SSSR count). The van der Waals surface area contributed by atoms with Crippen molar-refractivity contribution in [1.82, 2.24) is 0 Å². The average molecular weight is 329 g/mol. The fourth-order valence-electron chi connectivity index (χ4n) is 1.71. The Kier molecular flexibility index (Phi) is 4.53. The van der Waals surface area contributed by atoms with E-state index in [1.165, 1.54) is 24.3 Å². The number of halogens is 2. The zero-order valence-electron chi connectivity index (χ0n) is 11.1. The van der Waals surface area contributed by atoms with Gasteiger partial charge in [0.25, 0.3) is 6.43 Å². The van der Waals surface area contributed by atoms with Gasteiger partial charge in [-0.25, -0.2) is 17.2 Å². The average Bonchev–Trinajstić information content (AvgIpc) is 2.40. The monoisotopic (exact) mass is 329 g/mol. The molecule has 0 saturated heterocycles. The molecule has 3 nitrogen and oxygen atoms in total. The molecule has 112 valence electrons. The fraction of sp³-hybridized carbons (Fsp3) is 0.143. The van der Waals surface area contributed by atoms with E-state index >= 15 is 0 Å². The molecule has 2 aromatic rings. The Morgan fingerprint density at radius 2 is 1.71 bits per heavy atom. The summed E-state index contributed by atoms with van der Waals surface area (Å²) in [4.78, 5) is 1.26. The van der Waals surface area contributed by atoms with Crippen LogP contribution in [0.15, 0.2) is 57.2 Å². The smallest absolute Gasteiger partial charge is 0.265 e. The maximum absolute atomic E-state index is 13.0. The van der Waals surface area contributed by atoms with E-state index in [1.54, 1.807) is 18.2 Å². The highest BCUT2D eigenvalue weighted by atomic mass is 32.2. The molecular formula is C14H13F2NO2S2. The van der Waals surface area contributed by atoms with Gasteiger partial charge in [0.05, 0.1) is 4.90 Å². The Labute approximate surface area is 126 Å². The molecule has 0 heterocycles. The molecule has 0 spiro atoms. The third-order valence-electron chi connectivity index (χ3n) is 2.75. The molecule has 0 aromatic heterocycles. The van der Waals surface area contributed by atoms with Gasteiger partial charge in [0, 0.05) is 27.3 Å². The van der Waals surface area contributed by atoms with Crippen molar-refractivity contribution in [1.29, 1.82) is 0 Å². The summed E-state index contributed by atoms with van der Waals surface area (Å²) < 4.78 is 48.7. The predicted molar refractivity (Wildman–Crippen MR) is 79.5 cm³/mol. The maximum atomic E-state index is 13.0. The Hall–Kier alpha value is -1.60. The summed E-state index contributed by atoms with van der Waals surface area (Å²) in [5, 5.41) is 0. The van der Waals surface area contributed by atoms with Gasteiger partial charge in [-0.3, -0.25) is 0 Å². The molecule has 0 aliphatic rings. The second-order valence-corrected chi connectivity index (χ2v) is 7.57. The molecule has 2 N–H and O–H groups in total. The lowest BCUT2D eigenvalue weighted by Gasteiger charge is -2.09. The van der Waals surface area contributed by atoms with Gasteiger partial charge >= 0.3 is 0 Å². The summed E-state index contributed by atoms with van der Waals surface area (Å²) in [5.74, 6) is 0. The molecule has 21 heavy (non-hydrogen) atoms. The largest absolute Gasteiger partial charge is 0.399 e. The molecule has 0 bridgehead atoms. The van der Waals surface area contributed by atoms with Crippen molar-refractivity contribution in [2.75, 3.05) is 12.0 Å². The quantitative estimate of drug-likeness (QED) is 0.868. The molecule has 0 saturated carbocycles. The van der Waals surface area contributed by atoms with Gasteiger partial charge < -0.3 is 5.73 Å². The molecule has 0 fully saturated rings. The number of hydrogen-bond acceptors (Lipinski definition) is 4. The van der Waals surface area contributed by atoms with Crippen LogP contribution in [-0.2, 0) is 9.84 Å². The van der Waals surface area contributed by atoms with Crippen LogP contribution in [0.25, 0.3) is 0 Å². The van der Waals surface area contributed by atoms with Crippen LogP contribution < -0.4 is 5.73 Å². The number of anilines is 1. The molecule has 2 aromatic carbocycles. The predicted octanol–water partition coefficient (Wildman–Crippen LogP) is 3.76. The van der Waals surface area contributed by atoms with Crippen LogP contribution in [0.4, 0.5) is 14.5 Å². The van der Waals surface area contributed by atoms with Crippen molar-refractivity contribution in [2.24, 2.45) is 0 Å².